The summed E-state index contributed by atoms with van der Waals surface area (Å²) in [6.07, 6.45) is 4.24. The lowest BCUT2D eigenvalue weighted by Gasteiger charge is -2.31. The van der Waals surface area contributed by atoms with Gasteiger partial charge >= 0.3 is 0 Å². The van der Waals surface area contributed by atoms with Crippen molar-refractivity contribution in [3.8, 4) is 0 Å². The maximum Gasteiger partial charge on any atom is 0.261 e. The normalized spacial score (nSPS) is 21.5. The molecule has 6 heteroatoms. The van der Waals surface area contributed by atoms with Crippen molar-refractivity contribution in [1.82, 2.24) is 0 Å². The summed E-state index contributed by atoms with van der Waals surface area (Å²) < 4.78 is 28.5. The molecular formula is C21H24N2O3S. The topological polar surface area (TPSA) is 66.5 Å². The zero-order chi connectivity index (χ0) is 19.2. The molecule has 0 saturated heterocycles. The predicted octanol–water partition coefficient (Wildman–Crippen LogP) is 4.19. The Morgan fingerprint density at radius 2 is 1.78 bits per heavy atom. The molecule has 2 aromatic rings. The molecule has 4 rings (SSSR count). The fourth-order valence-electron chi connectivity index (χ4n) is 4.47. The lowest BCUT2D eigenvalue weighted by molar-refractivity contribution is -0.117. The number of benzene rings is 2. The maximum absolute atomic E-state index is 12.9. The highest BCUT2D eigenvalue weighted by Crippen LogP contribution is 2.51. The number of aryl methyl sites for hydroxylation is 1. The summed E-state index contributed by atoms with van der Waals surface area (Å²) in [5, 5.41) is 0. The van der Waals surface area contributed by atoms with Crippen LogP contribution in [0.3, 0.4) is 0 Å². The lowest BCUT2D eigenvalue weighted by Crippen LogP contribution is -2.39. The number of hydrogen-bond donors (Lipinski definition) is 1. The molecule has 1 amide bonds. The van der Waals surface area contributed by atoms with Crippen molar-refractivity contribution in [3.05, 3.63) is 53.6 Å². The molecule has 1 heterocycles. The molecule has 0 aromatic heterocycles. The Kier molecular flexibility index (Phi) is 4.46. The first-order chi connectivity index (χ1) is 12.9. The van der Waals surface area contributed by atoms with E-state index in [-0.39, 0.29) is 16.8 Å². The molecule has 5 nitrogen and oxygen atoms in total. The van der Waals surface area contributed by atoms with Gasteiger partial charge in [-0.2, -0.15) is 0 Å². The van der Waals surface area contributed by atoms with E-state index in [4.69, 9.17) is 0 Å². The molecule has 27 heavy (non-hydrogen) atoms. The third-order valence-corrected chi connectivity index (χ3v) is 7.06. The second kappa shape index (κ2) is 6.68. The quantitative estimate of drug-likeness (QED) is 0.863. The molecule has 2 aromatic carbocycles. The number of nitrogens with one attached hydrogen (secondary N) is 1. The summed E-state index contributed by atoms with van der Waals surface area (Å²) in [6, 6.07) is 12.5. The van der Waals surface area contributed by atoms with Crippen molar-refractivity contribution in [2.75, 3.05) is 9.62 Å². The standard InChI is InChI=1S/C21H24N2O3S/c1-14-10-12-16(13-11-14)27(25,26)22-19-8-5-7-18-17-6-3-4-9-20(17)23(15(2)24)21(18)19/h5,7-8,10-13,17,20,22H,3-4,6,9H2,1-2H3. The van der Waals surface area contributed by atoms with Crippen LogP contribution in [0.5, 0.6) is 0 Å². The van der Waals surface area contributed by atoms with Gasteiger partial charge in [-0.25, -0.2) is 8.42 Å². The minimum atomic E-state index is -3.72. The van der Waals surface area contributed by atoms with Gasteiger partial charge in [0, 0.05) is 18.9 Å². The number of nitrogens with zero attached hydrogens (tertiary/aromatic N) is 1. The van der Waals surface area contributed by atoms with Gasteiger partial charge in [-0.1, -0.05) is 42.7 Å². The molecule has 1 aliphatic heterocycles. The average molecular weight is 385 g/mol. The van der Waals surface area contributed by atoms with E-state index in [9.17, 15) is 13.2 Å². The number of carbonyl (C=O) groups is 1. The van der Waals surface area contributed by atoms with Crippen molar-refractivity contribution < 1.29 is 13.2 Å². The van der Waals surface area contributed by atoms with Gasteiger partial charge in [0.05, 0.1) is 16.3 Å². The maximum atomic E-state index is 12.9. The fourth-order valence-corrected chi connectivity index (χ4v) is 5.54. The second-order valence-corrected chi connectivity index (χ2v) is 9.19. The van der Waals surface area contributed by atoms with Crippen molar-refractivity contribution in [3.63, 3.8) is 0 Å². The molecule has 0 bridgehead atoms. The molecule has 0 radical (unpaired) electrons. The number of carbonyl (C=O) groups excluding carboxylic acids is 1. The first kappa shape index (κ1) is 18.0. The molecule has 1 fully saturated rings. The Labute approximate surface area is 160 Å². The first-order valence-electron chi connectivity index (χ1n) is 9.41. The summed E-state index contributed by atoms with van der Waals surface area (Å²) in [6.45, 7) is 3.48. The van der Waals surface area contributed by atoms with Crippen LogP contribution >= 0.6 is 0 Å². The van der Waals surface area contributed by atoms with Gasteiger partial charge < -0.3 is 4.90 Å². The Bertz CT molecular complexity index is 983. The van der Waals surface area contributed by atoms with E-state index >= 15 is 0 Å². The van der Waals surface area contributed by atoms with Crippen LogP contribution in [-0.4, -0.2) is 20.4 Å². The van der Waals surface area contributed by atoms with Crippen LogP contribution in [0.1, 0.15) is 49.7 Å². The van der Waals surface area contributed by atoms with E-state index < -0.39 is 10.0 Å². The smallest absolute Gasteiger partial charge is 0.261 e. The van der Waals surface area contributed by atoms with Crippen LogP contribution in [0, 0.1) is 6.92 Å². The molecule has 2 unspecified atom stereocenters. The molecule has 142 valence electrons. The van der Waals surface area contributed by atoms with Gasteiger partial charge in [-0.3, -0.25) is 9.52 Å². The average Bonchev–Trinajstić information content (AvgIpc) is 2.98. The molecule has 2 aliphatic rings. The van der Waals surface area contributed by atoms with Crippen LogP contribution in [0.4, 0.5) is 11.4 Å². The summed E-state index contributed by atoms with van der Waals surface area (Å²) in [7, 11) is -3.72. The van der Waals surface area contributed by atoms with E-state index in [2.05, 4.69) is 4.72 Å². The van der Waals surface area contributed by atoms with Crippen molar-refractivity contribution in [2.45, 2.75) is 56.4 Å². The lowest BCUT2D eigenvalue weighted by atomic mass is 9.82. The van der Waals surface area contributed by atoms with Gasteiger partial charge in [0.1, 0.15) is 0 Å². The Balaban J connectivity index is 1.77. The van der Waals surface area contributed by atoms with Crippen molar-refractivity contribution >= 4 is 27.3 Å². The minimum Gasteiger partial charge on any atom is -0.307 e. The van der Waals surface area contributed by atoms with Crippen LogP contribution < -0.4 is 9.62 Å². The third-order valence-electron chi connectivity index (χ3n) is 5.68. The van der Waals surface area contributed by atoms with Crippen molar-refractivity contribution in [1.29, 1.82) is 0 Å². The molecule has 1 aliphatic carbocycles. The summed E-state index contributed by atoms with van der Waals surface area (Å²) in [4.78, 5) is 14.5. The van der Waals surface area contributed by atoms with Gasteiger partial charge in [0.25, 0.3) is 10.0 Å². The van der Waals surface area contributed by atoms with E-state index in [0.29, 0.717) is 11.6 Å². The SMILES string of the molecule is CC(=O)N1c2c(NS(=O)(=O)c3ccc(C)cc3)cccc2C2CCCCC21. The first-order valence-corrected chi connectivity index (χ1v) is 10.9. The van der Waals surface area contributed by atoms with Crippen LogP contribution in [-0.2, 0) is 14.8 Å². The van der Waals surface area contributed by atoms with Crippen LogP contribution in [0.2, 0.25) is 0 Å². The Hall–Kier alpha value is -2.34. The highest BCUT2D eigenvalue weighted by molar-refractivity contribution is 7.92. The number of amides is 1. The van der Waals surface area contributed by atoms with E-state index in [1.165, 1.54) is 0 Å². The zero-order valence-electron chi connectivity index (χ0n) is 15.6. The largest absolute Gasteiger partial charge is 0.307 e. The molecule has 1 N–H and O–H groups in total. The molecule has 2 atom stereocenters. The summed E-state index contributed by atoms with van der Waals surface area (Å²) in [5.41, 5.74) is 3.30. The zero-order valence-corrected chi connectivity index (χ0v) is 16.4. The fraction of sp³-hybridized carbons (Fsp3) is 0.381. The van der Waals surface area contributed by atoms with Gasteiger partial charge in [-0.05, 0) is 43.5 Å². The number of sulfonamides is 1. The summed E-state index contributed by atoms with van der Waals surface area (Å²) in [5.74, 6) is 0.258. The van der Waals surface area contributed by atoms with Crippen LogP contribution in [0.25, 0.3) is 0 Å². The van der Waals surface area contributed by atoms with E-state index in [1.807, 2.05) is 24.0 Å². The molecule has 0 spiro atoms. The highest BCUT2D eigenvalue weighted by Gasteiger charge is 2.43. The highest BCUT2D eigenvalue weighted by atomic mass is 32.2. The molecule has 1 saturated carbocycles. The summed E-state index contributed by atoms with van der Waals surface area (Å²) >= 11 is 0. The molecular weight excluding hydrogens is 360 g/mol. The minimum absolute atomic E-state index is 0.0346. The van der Waals surface area contributed by atoms with E-state index in [0.717, 1.165) is 42.5 Å². The number of para-hydroxylation sites is 1. The number of anilines is 2. The van der Waals surface area contributed by atoms with Crippen LogP contribution in [0.15, 0.2) is 47.4 Å². The number of hydrogen-bond acceptors (Lipinski definition) is 3. The van der Waals surface area contributed by atoms with Gasteiger partial charge in [0.15, 0.2) is 0 Å². The predicted molar refractivity (Wildman–Crippen MR) is 107 cm³/mol. The Morgan fingerprint density at radius 1 is 1.07 bits per heavy atom. The van der Waals surface area contributed by atoms with E-state index in [1.54, 1.807) is 37.3 Å². The van der Waals surface area contributed by atoms with Gasteiger partial charge in [0.2, 0.25) is 5.91 Å². The number of fused-ring (bicyclic) bond motifs is 3. The second-order valence-electron chi connectivity index (χ2n) is 7.51. The Morgan fingerprint density at radius 3 is 2.48 bits per heavy atom. The third kappa shape index (κ3) is 3.12. The van der Waals surface area contributed by atoms with Crippen molar-refractivity contribution in [2.24, 2.45) is 0 Å². The van der Waals surface area contributed by atoms with Gasteiger partial charge in [-0.15, -0.1) is 0 Å². The number of rotatable bonds is 3. The monoisotopic (exact) mass is 384 g/mol.